The molecule has 0 bridgehead atoms. The molecule has 1 heterocycles. The highest BCUT2D eigenvalue weighted by atomic mass is 16.6. The summed E-state index contributed by atoms with van der Waals surface area (Å²) in [6.45, 7) is 2.85. The van der Waals surface area contributed by atoms with E-state index in [0.717, 1.165) is 0 Å². The van der Waals surface area contributed by atoms with Gasteiger partial charge < -0.3 is 9.64 Å². The summed E-state index contributed by atoms with van der Waals surface area (Å²) < 4.78 is 4.76. The molecule has 0 aromatic carbocycles. The molecule has 4 heteroatoms. The van der Waals surface area contributed by atoms with Crippen LogP contribution in [0.4, 0.5) is 4.79 Å². The van der Waals surface area contributed by atoms with Crippen LogP contribution in [-0.4, -0.2) is 30.2 Å². The summed E-state index contributed by atoms with van der Waals surface area (Å²) in [5.74, 6) is 0. The molecular formula is C7H10N2O2. The normalized spacial score (nSPS) is 23.1. The quantitative estimate of drug-likeness (QED) is 0.589. The van der Waals surface area contributed by atoms with Crippen molar-refractivity contribution in [2.75, 3.05) is 13.2 Å². The number of likely N-dealkylation sites (N-methyl/N-ethyl adjacent to an activating group) is 1. The zero-order chi connectivity index (χ0) is 8.27. The van der Waals surface area contributed by atoms with E-state index in [2.05, 4.69) is 0 Å². The lowest BCUT2D eigenvalue weighted by molar-refractivity contribution is 0.159. The lowest BCUT2D eigenvalue weighted by Crippen LogP contribution is -2.32. The van der Waals surface area contributed by atoms with Crippen molar-refractivity contribution in [3.63, 3.8) is 0 Å². The van der Waals surface area contributed by atoms with Crippen molar-refractivity contribution in [2.45, 2.75) is 19.4 Å². The first-order chi connectivity index (χ1) is 5.29. The maximum atomic E-state index is 10.9. The van der Waals surface area contributed by atoms with Crippen LogP contribution in [0.15, 0.2) is 0 Å². The Labute approximate surface area is 65.4 Å². The predicted octanol–water partition coefficient (Wildman–Crippen LogP) is 0.741. The average Bonchev–Trinajstić information content (AvgIpc) is 2.33. The molecule has 1 amide bonds. The van der Waals surface area contributed by atoms with Gasteiger partial charge in [0, 0.05) is 6.54 Å². The van der Waals surface area contributed by atoms with E-state index in [-0.39, 0.29) is 12.1 Å². The van der Waals surface area contributed by atoms with E-state index >= 15 is 0 Å². The van der Waals surface area contributed by atoms with Crippen molar-refractivity contribution in [2.24, 2.45) is 0 Å². The van der Waals surface area contributed by atoms with Crippen molar-refractivity contribution in [1.82, 2.24) is 4.90 Å². The molecule has 0 aromatic heterocycles. The second-order valence-corrected chi connectivity index (χ2v) is 2.38. The van der Waals surface area contributed by atoms with Crippen molar-refractivity contribution in [1.29, 1.82) is 5.26 Å². The molecular weight excluding hydrogens is 144 g/mol. The summed E-state index contributed by atoms with van der Waals surface area (Å²) in [5.41, 5.74) is 0. The number of nitriles is 1. The molecule has 1 unspecified atom stereocenters. The van der Waals surface area contributed by atoms with Crippen LogP contribution in [0.1, 0.15) is 13.3 Å². The predicted molar refractivity (Wildman–Crippen MR) is 37.7 cm³/mol. The van der Waals surface area contributed by atoms with Crippen molar-refractivity contribution < 1.29 is 9.53 Å². The Bertz CT molecular complexity index is 197. The van der Waals surface area contributed by atoms with Crippen LogP contribution in [-0.2, 0) is 4.74 Å². The van der Waals surface area contributed by atoms with E-state index in [1.807, 2.05) is 13.0 Å². The zero-order valence-electron chi connectivity index (χ0n) is 6.41. The van der Waals surface area contributed by atoms with Gasteiger partial charge in [-0.05, 0) is 6.92 Å². The molecule has 0 spiro atoms. The Hall–Kier alpha value is -1.24. The maximum Gasteiger partial charge on any atom is 0.410 e. The summed E-state index contributed by atoms with van der Waals surface area (Å²) in [6.07, 6.45) is 0.0623. The van der Waals surface area contributed by atoms with Gasteiger partial charge in [0.05, 0.1) is 18.5 Å². The number of carbonyl (C=O) groups is 1. The number of ether oxygens (including phenoxy) is 1. The van der Waals surface area contributed by atoms with Gasteiger partial charge in [-0.3, -0.25) is 0 Å². The minimum absolute atomic E-state index is 0.0301. The van der Waals surface area contributed by atoms with Gasteiger partial charge in [0.15, 0.2) is 0 Å². The van der Waals surface area contributed by atoms with Gasteiger partial charge in [0.25, 0.3) is 0 Å². The summed E-state index contributed by atoms with van der Waals surface area (Å²) in [6, 6.07) is 1.99. The second kappa shape index (κ2) is 3.24. The standard InChI is InChI=1S/C7H10N2O2/c1-2-9-6(3-4-8)5-11-7(9)10/h6H,2-3,5H2,1H3. The minimum Gasteiger partial charge on any atom is -0.447 e. The third-order valence-corrected chi connectivity index (χ3v) is 1.74. The fourth-order valence-corrected chi connectivity index (χ4v) is 1.15. The van der Waals surface area contributed by atoms with E-state index < -0.39 is 0 Å². The molecule has 0 aromatic rings. The van der Waals surface area contributed by atoms with E-state index in [0.29, 0.717) is 19.6 Å². The van der Waals surface area contributed by atoms with Crippen LogP contribution < -0.4 is 0 Å². The van der Waals surface area contributed by atoms with E-state index in [1.165, 1.54) is 0 Å². The Kier molecular flexibility index (Phi) is 2.32. The fraction of sp³-hybridized carbons (Fsp3) is 0.714. The molecule has 4 nitrogen and oxygen atoms in total. The van der Waals surface area contributed by atoms with Gasteiger partial charge >= 0.3 is 6.09 Å². The summed E-state index contributed by atoms with van der Waals surface area (Å²) in [7, 11) is 0. The molecule has 1 aliphatic heterocycles. The maximum absolute atomic E-state index is 10.9. The van der Waals surface area contributed by atoms with E-state index in [1.54, 1.807) is 4.90 Å². The first-order valence-corrected chi connectivity index (χ1v) is 3.60. The molecule has 0 saturated carbocycles. The number of cyclic esters (lactones) is 1. The van der Waals surface area contributed by atoms with Crippen LogP contribution in [0.3, 0.4) is 0 Å². The number of nitrogens with zero attached hydrogens (tertiary/aromatic N) is 2. The minimum atomic E-state index is -0.298. The van der Waals surface area contributed by atoms with Crippen LogP contribution in [0.2, 0.25) is 0 Å². The smallest absolute Gasteiger partial charge is 0.410 e. The molecule has 0 aliphatic carbocycles. The van der Waals surface area contributed by atoms with E-state index in [4.69, 9.17) is 10.00 Å². The molecule has 11 heavy (non-hydrogen) atoms. The second-order valence-electron chi connectivity index (χ2n) is 2.38. The lowest BCUT2D eigenvalue weighted by atomic mass is 10.2. The Morgan fingerprint density at radius 3 is 3.18 bits per heavy atom. The fourth-order valence-electron chi connectivity index (χ4n) is 1.15. The van der Waals surface area contributed by atoms with Crippen LogP contribution in [0.25, 0.3) is 0 Å². The number of amides is 1. The summed E-state index contributed by atoms with van der Waals surface area (Å²) in [5, 5.41) is 8.38. The molecule has 1 rings (SSSR count). The lowest BCUT2D eigenvalue weighted by Gasteiger charge is -2.15. The molecule has 1 saturated heterocycles. The van der Waals surface area contributed by atoms with Gasteiger partial charge in [0.2, 0.25) is 0 Å². The first-order valence-electron chi connectivity index (χ1n) is 3.60. The highest BCUT2D eigenvalue weighted by Gasteiger charge is 2.30. The van der Waals surface area contributed by atoms with Crippen molar-refractivity contribution in [3.05, 3.63) is 0 Å². The zero-order valence-corrected chi connectivity index (χ0v) is 6.41. The summed E-state index contributed by atoms with van der Waals surface area (Å²) in [4.78, 5) is 12.5. The molecule has 1 atom stereocenters. The molecule has 0 radical (unpaired) electrons. The van der Waals surface area contributed by atoms with Gasteiger partial charge in [-0.15, -0.1) is 0 Å². The van der Waals surface area contributed by atoms with Crippen LogP contribution in [0, 0.1) is 11.3 Å². The highest BCUT2D eigenvalue weighted by molar-refractivity contribution is 5.70. The van der Waals surface area contributed by atoms with Gasteiger partial charge in [-0.1, -0.05) is 0 Å². The first kappa shape index (κ1) is 7.86. The number of carbonyl (C=O) groups excluding carboxylic acids is 1. The Balaban J connectivity index is 2.55. The third-order valence-electron chi connectivity index (χ3n) is 1.74. The van der Waals surface area contributed by atoms with Crippen molar-refractivity contribution >= 4 is 6.09 Å². The topological polar surface area (TPSA) is 53.3 Å². The van der Waals surface area contributed by atoms with Gasteiger partial charge in [0.1, 0.15) is 6.61 Å². The summed E-state index contributed by atoms with van der Waals surface area (Å²) >= 11 is 0. The largest absolute Gasteiger partial charge is 0.447 e. The Morgan fingerprint density at radius 1 is 1.91 bits per heavy atom. The average molecular weight is 154 g/mol. The van der Waals surface area contributed by atoms with Gasteiger partial charge in [-0.25, -0.2) is 4.79 Å². The monoisotopic (exact) mass is 154 g/mol. The Morgan fingerprint density at radius 2 is 2.64 bits per heavy atom. The number of hydrogen-bond donors (Lipinski definition) is 0. The molecule has 1 fully saturated rings. The number of rotatable bonds is 2. The number of hydrogen-bond acceptors (Lipinski definition) is 3. The van der Waals surface area contributed by atoms with E-state index in [9.17, 15) is 4.79 Å². The SMILES string of the molecule is CCN1C(=O)OCC1CC#N. The molecule has 1 aliphatic rings. The molecule has 60 valence electrons. The highest BCUT2D eigenvalue weighted by Crippen LogP contribution is 2.13. The van der Waals surface area contributed by atoms with Gasteiger partial charge in [-0.2, -0.15) is 5.26 Å². The molecule has 0 N–H and O–H groups in total. The van der Waals surface area contributed by atoms with Crippen molar-refractivity contribution in [3.8, 4) is 6.07 Å². The van der Waals surface area contributed by atoms with Crippen LogP contribution in [0.5, 0.6) is 0 Å². The van der Waals surface area contributed by atoms with Crippen LogP contribution >= 0.6 is 0 Å². The third kappa shape index (κ3) is 1.43.